The molecule has 1 aromatic carbocycles. The van der Waals surface area contributed by atoms with E-state index in [1.807, 2.05) is 6.08 Å². The van der Waals surface area contributed by atoms with E-state index in [0.29, 0.717) is 24.3 Å². The number of hydrogen-bond donors (Lipinski definition) is 0. The summed E-state index contributed by atoms with van der Waals surface area (Å²) in [5.74, 6) is 0. The second kappa shape index (κ2) is 9.92. The summed E-state index contributed by atoms with van der Waals surface area (Å²) < 4.78 is 1.82. The van der Waals surface area contributed by atoms with Crippen LogP contribution >= 0.6 is 23.2 Å². The molecule has 100 valence electrons. The molecule has 0 aromatic heterocycles. The van der Waals surface area contributed by atoms with Gasteiger partial charge in [0.05, 0.1) is 0 Å². The molecule has 0 aliphatic rings. The molecule has 1 aromatic rings. The van der Waals surface area contributed by atoms with Crippen LogP contribution < -0.4 is 4.46 Å². The third-order valence-corrected chi connectivity index (χ3v) is 5.49. The second-order valence-corrected chi connectivity index (χ2v) is 8.04. The van der Waals surface area contributed by atoms with Gasteiger partial charge in [-0.1, -0.05) is 0 Å². The van der Waals surface area contributed by atoms with E-state index < -0.39 is 0 Å². The monoisotopic (exact) mass is 350 g/mol. The SMILES string of the molecule is CCCCCCC(C=C(Cl)Cl)[Se]c1ccccc1. The molecule has 0 aliphatic heterocycles. The molecule has 1 rings (SSSR count). The molecule has 1 unspecified atom stereocenters. The Morgan fingerprint density at radius 1 is 1.17 bits per heavy atom. The van der Waals surface area contributed by atoms with Gasteiger partial charge in [0.2, 0.25) is 0 Å². The number of hydrogen-bond acceptors (Lipinski definition) is 0. The predicted molar refractivity (Wildman–Crippen MR) is 84.1 cm³/mol. The third kappa shape index (κ3) is 7.48. The van der Waals surface area contributed by atoms with Crippen LogP contribution in [0.25, 0.3) is 0 Å². The summed E-state index contributed by atoms with van der Waals surface area (Å²) in [6.45, 7) is 2.24. The Hall–Kier alpha value is 0.0595. The minimum atomic E-state index is 0.410. The predicted octanol–water partition coefficient (Wildman–Crippen LogP) is 5.09. The van der Waals surface area contributed by atoms with Gasteiger partial charge in [-0.2, -0.15) is 0 Å². The molecule has 0 aliphatic carbocycles. The summed E-state index contributed by atoms with van der Waals surface area (Å²) in [5.41, 5.74) is 0. The van der Waals surface area contributed by atoms with E-state index in [1.165, 1.54) is 36.6 Å². The normalized spacial score (nSPS) is 12.2. The fourth-order valence-corrected chi connectivity index (χ4v) is 4.82. The standard InChI is InChI=1S/C15H20Cl2Se/c1-2-3-4-6-11-14(12-15(16)17)18-13-9-7-5-8-10-13/h5,7-10,12,14H,2-4,6,11H2,1H3. The summed E-state index contributed by atoms with van der Waals surface area (Å²) >= 11 is 12.0. The van der Waals surface area contributed by atoms with Crippen molar-refractivity contribution in [2.75, 3.05) is 0 Å². The zero-order chi connectivity index (χ0) is 13.2. The van der Waals surface area contributed by atoms with Crippen LogP contribution in [0.4, 0.5) is 0 Å². The zero-order valence-corrected chi connectivity index (χ0v) is 14.0. The maximum atomic E-state index is 5.82. The molecule has 3 heteroatoms. The van der Waals surface area contributed by atoms with Crippen LogP contribution in [0.3, 0.4) is 0 Å². The van der Waals surface area contributed by atoms with E-state index in [9.17, 15) is 0 Å². The summed E-state index contributed by atoms with van der Waals surface area (Å²) in [6, 6.07) is 10.6. The van der Waals surface area contributed by atoms with Crippen molar-refractivity contribution in [1.29, 1.82) is 0 Å². The van der Waals surface area contributed by atoms with Crippen molar-refractivity contribution in [3.8, 4) is 0 Å². The zero-order valence-electron chi connectivity index (χ0n) is 10.7. The van der Waals surface area contributed by atoms with Gasteiger partial charge >= 0.3 is 127 Å². The van der Waals surface area contributed by atoms with Gasteiger partial charge in [-0.25, -0.2) is 0 Å². The summed E-state index contributed by atoms with van der Waals surface area (Å²) in [7, 11) is 0. The van der Waals surface area contributed by atoms with Gasteiger partial charge in [0.15, 0.2) is 0 Å². The average Bonchev–Trinajstić information content (AvgIpc) is 2.35. The summed E-state index contributed by atoms with van der Waals surface area (Å²) in [4.78, 5) is 0.516. The number of unbranched alkanes of at least 4 members (excludes halogenated alkanes) is 3. The van der Waals surface area contributed by atoms with Gasteiger partial charge in [0.1, 0.15) is 0 Å². The Balaban J connectivity index is 2.48. The van der Waals surface area contributed by atoms with Gasteiger partial charge < -0.3 is 0 Å². The second-order valence-electron chi connectivity index (χ2n) is 4.28. The molecule has 0 bridgehead atoms. The van der Waals surface area contributed by atoms with Gasteiger partial charge in [-0.05, 0) is 0 Å². The number of benzene rings is 1. The summed E-state index contributed by atoms with van der Waals surface area (Å²) in [6.07, 6.45) is 8.39. The van der Waals surface area contributed by atoms with Crippen molar-refractivity contribution in [3.63, 3.8) is 0 Å². The van der Waals surface area contributed by atoms with Crippen LogP contribution in [0.1, 0.15) is 39.0 Å². The fourth-order valence-electron chi connectivity index (χ4n) is 1.76. The molecular weight excluding hydrogens is 330 g/mol. The van der Waals surface area contributed by atoms with E-state index in [2.05, 4.69) is 37.3 Å². The van der Waals surface area contributed by atoms with E-state index >= 15 is 0 Å². The molecule has 18 heavy (non-hydrogen) atoms. The Morgan fingerprint density at radius 3 is 2.50 bits per heavy atom. The van der Waals surface area contributed by atoms with Crippen LogP contribution in [0.2, 0.25) is 4.82 Å². The molecule has 0 saturated heterocycles. The molecule has 0 spiro atoms. The van der Waals surface area contributed by atoms with Gasteiger partial charge in [0.25, 0.3) is 0 Å². The molecule has 0 radical (unpaired) electrons. The Morgan fingerprint density at radius 2 is 1.89 bits per heavy atom. The summed E-state index contributed by atoms with van der Waals surface area (Å²) in [5, 5.41) is 0. The van der Waals surface area contributed by atoms with E-state index in [-0.39, 0.29) is 0 Å². The number of halogens is 2. The first kappa shape index (κ1) is 16.1. The Bertz CT molecular complexity index is 345. The van der Waals surface area contributed by atoms with Crippen molar-refractivity contribution in [2.45, 2.75) is 43.8 Å². The molecule has 0 N–H and O–H groups in total. The first-order chi connectivity index (χ1) is 8.72. The van der Waals surface area contributed by atoms with Crippen molar-refractivity contribution in [1.82, 2.24) is 0 Å². The van der Waals surface area contributed by atoms with Crippen molar-refractivity contribution < 1.29 is 0 Å². The third-order valence-electron chi connectivity index (χ3n) is 2.68. The Labute approximate surface area is 127 Å². The van der Waals surface area contributed by atoms with Crippen LogP contribution in [0, 0.1) is 0 Å². The molecule has 0 fully saturated rings. The fraction of sp³-hybridized carbons (Fsp3) is 0.467. The number of rotatable bonds is 8. The molecule has 0 saturated carbocycles. The quantitative estimate of drug-likeness (QED) is 0.452. The molecule has 0 nitrogen and oxygen atoms in total. The van der Waals surface area contributed by atoms with Gasteiger partial charge in [-0.3, -0.25) is 0 Å². The van der Waals surface area contributed by atoms with Crippen LogP contribution in [0.5, 0.6) is 0 Å². The average molecular weight is 350 g/mol. The minimum absolute atomic E-state index is 0.410. The molecule has 0 heterocycles. The van der Waals surface area contributed by atoms with Crippen LogP contribution in [-0.4, -0.2) is 15.0 Å². The molecule has 0 amide bonds. The van der Waals surface area contributed by atoms with Crippen molar-refractivity contribution in [2.24, 2.45) is 0 Å². The van der Waals surface area contributed by atoms with E-state index in [1.54, 1.807) is 0 Å². The van der Waals surface area contributed by atoms with Gasteiger partial charge in [-0.15, -0.1) is 0 Å². The maximum absolute atomic E-state index is 5.82. The van der Waals surface area contributed by atoms with Crippen molar-refractivity contribution in [3.05, 3.63) is 40.9 Å². The molecular formula is C15H20Cl2Se. The van der Waals surface area contributed by atoms with E-state index in [0.717, 1.165) is 0 Å². The van der Waals surface area contributed by atoms with Crippen LogP contribution in [0.15, 0.2) is 40.9 Å². The van der Waals surface area contributed by atoms with Crippen LogP contribution in [-0.2, 0) is 0 Å². The van der Waals surface area contributed by atoms with E-state index in [4.69, 9.17) is 23.2 Å². The Kier molecular flexibility index (Phi) is 8.88. The van der Waals surface area contributed by atoms with Crippen molar-refractivity contribution >= 4 is 42.6 Å². The first-order valence-corrected chi connectivity index (χ1v) is 9.07. The number of allylic oxidation sites excluding steroid dienone is 1. The first-order valence-electron chi connectivity index (χ1n) is 6.47. The topological polar surface area (TPSA) is 0 Å². The molecule has 1 atom stereocenters. The van der Waals surface area contributed by atoms with Gasteiger partial charge in [0, 0.05) is 0 Å².